The van der Waals surface area contributed by atoms with Crippen LogP contribution in [0.25, 0.3) is 0 Å². The first-order valence-corrected chi connectivity index (χ1v) is 6.32. The summed E-state index contributed by atoms with van der Waals surface area (Å²) in [7, 11) is 0. The number of amides is 1. The molecule has 0 aliphatic carbocycles. The van der Waals surface area contributed by atoms with Gasteiger partial charge in [-0.2, -0.15) is 0 Å². The maximum Gasteiger partial charge on any atom is 0.237 e. The van der Waals surface area contributed by atoms with Crippen LogP contribution in [0, 0.1) is 17.6 Å². The van der Waals surface area contributed by atoms with Crippen LogP contribution in [0.4, 0.5) is 8.78 Å². The maximum atomic E-state index is 13.1. The molecule has 1 amide bonds. The number of carbonyl (C=O) groups excluding carboxylic acids is 1. The summed E-state index contributed by atoms with van der Waals surface area (Å²) in [6.45, 7) is 5.66. The van der Waals surface area contributed by atoms with Crippen molar-refractivity contribution >= 4 is 5.91 Å². The van der Waals surface area contributed by atoms with Crippen molar-refractivity contribution in [3.63, 3.8) is 0 Å². The number of hydrogen-bond acceptors (Lipinski definition) is 2. The number of benzene rings is 1. The molecule has 0 heterocycles. The Hall–Kier alpha value is -1.49. The van der Waals surface area contributed by atoms with E-state index in [0.29, 0.717) is 17.9 Å². The lowest BCUT2D eigenvalue weighted by molar-refractivity contribution is -0.123. The van der Waals surface area contributed by atoms with Gasteiger partial charge in [0.25, 0.3) is 0 Å². The zero-order valence-electron chi connectivity index (χ0n) is 11.4. The first-order valence-electron chi connectivity index (χ1n) is 6.32. The molecule has 0 bridgehead atoms. The summed E-state index contributed by atoms with van der Waals surface area (Å²) in [5.74, 6) is -1.80. The molecule has 106 valence electrons. The van der Waals surface area contributed by atoms with E-state index in [0.717, 1.165) is 12.1 Å². The fourth-order valence-electron chi connectivity index (χ4n) is 1.80. The van der Waals surface area contributed by atoms with Gasteiger partial charge in [-0.05, 0) is 37.0 Å². The van der Waals surface area contributed by atoms with E-state index in [1.54, 1.807) is 6.92 Å². The molecular formula is C14H20F2N2O. The minimum absolute atomic E-state index is 0.286. The van der Waals surface area contributed by atoms with Gasteiger partial charge >= 0.3 is 0 Å². The zero-order chi connectivity index (χ0) is 14.6. The van der Waals surface area contributed by atoms with E-state index in [-0.39, 0.29) is 5.91 Å². The zero-order valence-corrected chi connectivity index (χ0v) is 11.4. The molecule has 0 aliphatic rings. The molecule has 3 N–H and O–H groups in total. The average Bonchev–Trinajstić information content (AvgIpc) is 2.31. The Morgan fingerprint density at radius 2 is 1.89 bits per heavy atom. The Balaban J connectivity index is 2.66. The van der Waals surface area contributed by atoms with Gasteiger partial charge in [-0.3, -0.25) is 4.79 Å². The summed E-state index contributed by atoms with van der Waals surface area (Å²) in [5.41, 5.74) is 6.26. The van der Waals surface area contributed by atoms with Gasteiger partial charge in [-0.15, -0.1) is 0 Å². The van der Waals surface area contributed by atoms with Crippen LogP contribution in [0.1, 0.15) is 38.8 Å². The Kier molecular flexibility index (Phi) is 5.42. The highest BCUT2D eigenvalue weighted by Crippen LogP contribution is 2.16. The van der Waals surface area contributed by atoms with Crippen LogP contribution in [0.5, 0.6) is 0 Å². The van der Waals surface area contributed by atoms with E-state index < -0.39 is 23.7 Å². The maximum absolute atomic E-state index is 13.1. The van der Waals surface area contributed by atoms with Gasteiger partial charge in [0, 0.05) is 0 Å². The number of carbonyl (C=O) groups is 1. The smallest absolute Gasteiger partial charge is 0.237 e. The molecule has 0 saturated carbocycles. The molecule has 0 aromatic heterocycles. The highest BCUT2D eigenvalue weighted by molar-refractivity contribution is 5.81. The van der Waals surface area contributed by atoms with Crippen LogP contribution in [0.15, 0.2) is 18.2 Å². The number of halogens is 2. The van der Waals surface area contributed by atoms with Crippen molar-refractivity contribution in [1.29, 1.82) is 0 Å². The molecule has 0 aliphatic heterocycles. The van der Waals surface area contributed by atoms with Crippen LogP contribution in [0.2, 0.25) is 0 Å². The van der Waals surface area contributed by atoms with Gasteiger partial charge in [0.05, 0.1) is 12.1 Å². The molecular weight excluding hydrogens is 250 g/mol. The van der Waals surface area contributed by atoms with Crippen molar-refractivity contribution in [2.75, 3.05) is 0 Å². The molecule has 1 rings (SSSR count). The number of nitrogens with two attached hydrogens (primary N) is 1. The number of nitrogens with one attached hydrogen (secondary N) is 1. The van der Waals surface area contributed by atoms with Gasteiger partial charge in [-0.25, -0.2) is 8.78 Å². The van der Waals surface area contributed by atoms with Crippen LogP contribution < -0.4 is 11.1 Å². The third-order valence-corrected chi connectivity index (χ3v) is 2.86. The van der Waals surface area contributed by atoms with Gasteiger partial charge < -0.3 is 11.1 Å². The Morgan fingerprint density at radius 3 is 2.42 bits per heavy atom. The molecule has 5 heteroatoms. The number of rotatable bonds is 5. The molecule has 1 aromatic rings. The summed E-state index contributed by atoms with van der Waals surface area (Å²) >= 11 is 0. The molecule has 2 atom stereocenters. The molecule has 0 saturated heterocycles. The van der Waals surface area contributed by atoms with Gasteiger partial charge in [0.15, 0.2) is 11.6 Å². The lowest BCUT2D eigenvalue weighted by atomic mass is 10.0. The van der Waals surface area contributed by atoms with E-state index >= 15 is 0 Å². The van der Waals surface area contributed by atoms with Crippen molar-refractivity contribution in [3.05, 3.63) is 35.4 Å². The molecule has 19 heavy (non-hydrogen) atoms. The predicted molar refractivity (Wildman–Crippen MR) is 70.3 cm³/mol. The topological polar surface area (TPSA) is 55.1 Å². The third kappa shape index (κ3) is 4.59. The second kappa shape index (κ2) is 6.61. The van der Waals surface area contributed by atoms with Gasteiger partial charge in [0.1, 0.15) is 0 Å². The predicted octanol–water partition coefficient (Wildman–Crippen LogP) is 2.52. The second-order valence-corrected chi connectivity index (χ2v) is 5.14. The second-order valence-electron chi connectivity index (χ2n) is 5.14. The van der Waals surface area contributed by atoms with Crippen LogP contribution >= 0.6 is 0 Å². The van der Waals surface area contributed by atoms with Crippen molar-refractivity contribution in [1.82, 2.24) is 5.32 Å². The molecule has 2 unspecified atom stereocenters. The van der Waals surface area contributed by atoms with Crippen molar-refractivity contribution in [2.45, 2.75) is 39.3 Å². The quantitative estimate of drug-likeness (QED) is 0.863. The van der Waals surface area contributed by atoms with Crippen LogP contribution in [0.3, 0.4) is 0 Å². The first kappa shape index (κ1) is 15.6. The molecule has 1 aromatic carbocycles. The van der Waals surface area contributed by atoms with Crippen LogP contribution in [-0.2, 0) is 4.79 Å². The molecule has 0 radical (unpaired) electrons. The Bertz CT molecular complexity index is 449. The number of hydrogen-bond donors (Lipinski definition) is 2. The minimum Gasteiger partial charge on any atom is -0.348 e. The lowest BCUT2D eigenvalue weighted by Gasteiger charge is -2.19. The van der Waals surface area contributed by atoms with E-state index in [4.69, 9.17) is 5.73 Å². The monoisotopic (exact) mass is 270 g/mol. The highest BCUT2D eigenvalue weighted by Gasteiger charge is 2.18. The fraction of sp³-hybridized carbons (Fsp3) is 0.500. The van der Waals surface area contributed by atoms with Crippen molar-refractivity contribution in [2.24, 2.45) is 11.7 Å². The first-order chi connectivity index (χ1) is 8.81. The van der Waals surface area contributed by atoms with E-state index in [1.807, 2.05) is 13.8 Å². The summed E-state index contributed by atoms with van der Waals surface area (Å²) in [4.78, 5) is 11.8. The summed E-state index contributed by atoms with van der Waals surface area (Å²) in [6.07, 6.45) is 0.580. The SMILES string of the molecule is CC(C)CC(N)C(=O)NC(C)c1ccc(F)c(F)c1. The minimum atomic E-state index is -0.926. The summed E-state index contributed by atoms with van der Waals surface area (Å²) in [5, 5.41) is 2.69. The standard InChI is InChI=1S/C14H20F2N2O/c1-8(2)6-13(17)14(19)18-9(3)10-4-5-11(15)12(16)7-10/h4-5,7-9,13H,6,17H2,1-3H3,(H,18,19). The largest absolute Gasteiger partial charge is 0.348 e. The third-order valence-electron chi connectivity index (χ3n) is 2.86. The van der Waals surface area contributed by atoms with Crippen molar-refractivity contribution in [3.8, 4) is 0 Å². The van der Waals surface area contributed by atoms with Gasteiger partial charge in [0.2, 0.25) is 5.91 Å². The lowest BCUT2D eigenvalue weighted by Crippen LogP contribution is -2.42. The van der Waals surface area contributed by atoms with Crippen LogP contribution in [-0.4, -0.2) is 11.9 Å². The average molecular weight is 270 g/mol. The summed E-state index contributed by atoms with van der Waals surface area (Å²) in [6, 6.07) is 2.56. The van der Waals surface area contributed by atoms with E-state index in [9.17, 15) is 13.6 Å². The summed E-state index contributed by atoms with van der Waals surface area (Å²) < 4.78 is 25.9. The molecule has 0 fully saturated rings. The highest BCUT2D eigenvalue weighted by atomic mass is 19.2. The molecule has 0 spiro atoms. The Morgan fingerprint density at radius 1 is 1.26 bits per heavy atom. The Labute approximate surface area is 112 Å². The van der Waals surface area contributed by atoms with Gasteiger partial charge in [-0.1, -0.05) is 19.9 Å². The van der Waals surface area contributed by atoms with E-state index in [2.05, 4.69) is 5.32 Å². The van der Waals surface area contributed by atoms with Crippen molar-refractivity contribution < 1.29 is 13.6 Å². The normalized spacial score (nSPS) is 14.3. The molecule has 3 nitrogen and oxygen atoms in total. The fourth-order valence-corrected chi connectivity index (χ4v) is 1.80. The van der Waals surface area contributed by atoms with E-state index in [1.165, 1.54) is 6.07 Å².